The summed E-state index contributed by atoms with van der Waals surface area (Å²) in [6.07, 6.45) is 3.82. The summed E-state index contributed by atoms with van der Waals surface area (Å²) in [6.45, 7) is 0. The molecule has 0 spiro atoms. The summed E-state index contributed by atoms with van der Waals surface area (Å²) in [4.78, 5) is 11.2. The maximum atomic E-state index is 11.2. The molecule has 2 aromatic rings. The fraction of sp³-hybridized carbons (Fsp3) is 0.316. The molecule has 0 heterocycles. The van der Waals surface area contributed by atoms with Crippen molar-refractivity contribution in [3.8, 4) is 5.75 Å². The molecule has 2 N–H and O–H groups in total. The van der Waals surface area contributed by atoms with Crippen molar-refractivity contribution in [2.45, 2.75) is 25.2 Å². The second-order valence-electron chi connectivity index (χ2n) is 5.93. The van der Waals surface area contributed by atoms with Crippen LogP contribution in [-0.2, 0) is 0 Å². The van der Waals surface area contributed by atoms with Gasteiger partial charge in [0.1, 0.15) is 5.75 Å². The first-order chi connectivity index (χ1) is 10.7. The first kappa shape index (κ1) is 14.6. The molecule has 0 bridgehead atoms. The van der Waals surface area contributed by atoms with Crippen LogP contribution in [0.5, 0.6) is 5.75 Å². The minimum absolute atomic E-state index is 0.376. The van der Waals surface area contributed by atoms with Crippen molar-refractivity contribution in [3.05, 3.63) is 65.2 Å². The molecular formula is C19H21NO2. The van der Waals surface area contributed by atoms with E-state index in [9.17, 15) is 4.79 Å². The third kappa shape index (κ3) is 2.84. The van der Waals surface area contributed by atoms with Crippen LogP contribution in [0.3, 0.4) is 0 Å². The first-order valence-electron chi connectivity index (χ1n) is 7.73. The molecule has 1 saturated carbocycles. The number of amides is 1. The van der Waals surface area contributed by atoms with E-state index in [0.717, 1.165) is 5.75 Å². The Morgan fingerprint density at radius 3 is 2.00 bits per heavy atom. The van der Waals surface area contributed by atoms with E-state index in [1.807, 2.05) is 36.4 Å². The highest BCUT2D eigenvalue weighted by Crippen LogP contribution is 2.43. The molecule has 114 valence electrons. The molecule has 0 aromatic heterocycles. The number of hydrogen-bond acceptors (Lipinski definition) is 2. The Hall–Kier alpha value is -2.29. The molecule has 3 heteroatoms. The average Bonchev–Trinajstić information content (AvgIpc) is 2.51. The zero-order valence-corrected chi connectivity index (χ0v) is 12.8. The Balaban J connectivity index is 1.93. The summed E-state index contributed by atoms with van der Waals surface area (Å²) in [7, 11) is 1.68. The van der Waals surface area contributed by atoms with Crippen LogP contribution in [0.4, 0.5) is 0 Å². The van der Waals surface area contributed by atoms with Gasteiger partial charge in [-0.05, 0) is 54.2 Å². The molecule has 1 fully saturated rings. The van der Waals surface area contributed by atoms with Gasteiger partial charge < -0.3 is 10.5 Å². The normalized spacial score (nSPS) is 15.9. The molecule has 3 rings (SSSR count). The number of benzene rings is 2. The van der Waals surface area contributed by atoms with Crippen LogP contribution in [0, 0.1) is 5.92 Å². The Kier molecular flexibility index (Phi) is 4.14. The molecule has 1 aliphatic carbocycles. The maximum Gasteiger partial charge on any atom is 0.248 e. The number of hydrogen-bond donors (Lipinski definition) is 1. The minimum atomic E-state index is -0.379. The molecule has 0 radical (unpaired) electrons. The van der Waals surface area contributed by atoms with E-state index in [4.69, 9.17) is 10.5 Å². The van der Waals surface area contributed by atoms with Crippen LogP contribution in [0.15, 0.2) is 48.5 Å². The van der Waals surface area contributed by atoms with Gasteiger partial charge in [0.25, 0.3) is 0 Å². The van der Waals surface area contributed by atoms with Crippen LogP contribution in [0.2, 0.25) is 0 Å². The Morgan fingerprint density at radius 2 is 1.59 bits per heavy atom. The number of primary amides is 1. The fourth-order valence-electron chi connectivity index (χ4n) is 3.18. The number of carbonyl (C=O) groups excluding carboxylic acids is 1. The van der Waals surface area contributed by atoms with Crippen LogP contribution in [0.1, 0.15) is 46.7 Å². The lowest BCUT2D eigenvalue weighted by molar-refractivity contribution is 0.100. The first-order valence-corrected chi connectivity index (χ1v) is 7.73. The van der Waals surface area contributed by atoms with Gasteiger partial charge in [-0.1, -0.05) is 30.7 Å². The van der Waals surface area contributed by atoms with Gasteiger partial charge in [-0.2, -0.15) is 0 Å². The van der Waals surface area contributed by atoms with Crippen molar-refractivity contribution in [1.82, 2.24) is 0 Å². The molecule has 1 amide bonds. The number of methoxy groups -OCH3 is 1. The van der Waals surface area contributed by atoms with Crippen molar-refractivity contribution >= 4 is 5.91 Å². The summed E-state index contributed by atoms with van der Waals surface area (Å²) in [6, 6.07) is 16.0. The zero-order valence-electron chi connectivity index (χ0n) is 12.8. The van der Waals surface area contributed by atoms with Gasteiger partial charge in [0.15, 0.2) is 0 Å². The molecule has 3 nitrogen and oxygen atoms in total. The molecular weight excluding hydrogens is 274 g/mol. The summed E-state index contributed by atoms with van der Waals surface area (Å²) in [5, 5.41) is 0. The summed E-state index contributed by atoms with van der Waals surface area (Å²) >= 11 is 0. The molecule has 1 atom stereocenters. The van der Waals surface area contributed by atoms with Crippen LogP contribution in [0.25, 0.3) is 0 Å². The average molecular weight is 295 g/mol. The lowest BCUT2D eigenvalue weighted by Gasteiger charge is -2.34. The standard InChI is InChI=1S/C19H21NO2/c1-22-17-11-9-15(10-12-17)18(13-3-2-4-13)14-5-7-16(8-6-14)19(20)21/h5-13,18H,2-4H2,1H3,(H2,20,21). The fourth-order valence-corrected chi connectivity index (χ4v) is 3.18. The van der Waals surface area contributed by atoms with Crippen LogP contribution >= 0.6 is 0 Å². The summed E-state index contributed by atoms with van der Waals surface area (Å²) in [5.74, 6) is 1.55. The van der Waals surface area contributed by atoms with Gasteiger partial charge in [0.2, 0.25) is 5.91 Å². The van der Waals surface area contributed by atoms with Crippen LogP contribution in [-0.4, -0.2) is 13.0 Å². The lowest BCUT2D eigenvalue weighted by atomic mass is 9.70. The van der Waals surface area contributed by atoms with Gasteiger partial charge >= 0.3 is 0 Å². The lowest BCUT2D eigenvalue weighted by Crippen LogP contribution is -2.21. The highest BCUT2D eigenvalue weighted by atomic mass is 16.5. The number of rotatable bonds is 5. The van der Waals surface area contributed by atoms with E-state index in [1.54, 1.807) is 7.11 Å². The quantitative estimate of drug-likeness (QED) is 0.914. The number of carbonyl (C=O) groups is 1. The SMILES string of the molecule is COc1ccc(C(c2ccc(C(N)=O)cc2)C2CCC2)cc1. The van der Waals surface area contributed by atoms with E-state index in [2.05, 4.69) is 12.1 Å². The van der Waals surface area contributed by atoms with Gasteiger partial charge in [0.05, 0.1) is 7.11 Å². The third-order valence-corrected chi connectivity index (χ3v) is 4.65. The van der Waals surface area contributed by atoms with E-state index >= 15 is 0 Å². The summed E-state index contributed by atoms with van der Waals surface area (Å²) < 4.78 is 5.25. The second-order valence-corrected chi connectivity index (χ2v) is 5.93. The van der Waals surface area contributed by atoms with Gasteiger partial charge in [-0.3, -0.25) is 4.79 Å². The van der Waals surface area contributed by atoms with Gasteiger partial charge in [0, 0.05) is 11.5 Å². The third-order valence-electron chi connectivity index (χ3n) is 4.65. The monoisotopic (exact) mass is 295 g/mol. The van der Waals surface area contributed by atoms with Crippen molar-refractivity contribution in [2.24, 2.45) is 11.7 Å². The van der Waals surface area contributed by atoms with E-state index in [-0.39, 0.29) is 5.91 Å². The minimum Gasteiger partial charge on any atom is -0.497 e. The second kappa shape index (κ2) is 6.22. The highest BCUT2D eigenvalue weighted by molar-refractivity contribution is 5.92. The van der Waals surface area contributed by atoms with E-state index < -0.39 is 0 Å². The highest BCUT2D eigenvalue weighted by Gasteiger charge is 2.29. The topological polar surface area (TPSA) is 52.3 Å². The predicted molar refractivity (Wildman–Crippen MR) is 87.1 cm³/mol. The summed E-state index contributed by atoms with van der Waals surface area (Å²) in [5.41, 5.74) is 8.44. The Labute approximate surface area is 131 Å². The maximum absolute atomic E-state index is 11.2. The molecule has 1 unspecified atom stereocenters. The van der Waals surface area contributed by atoms with Gasteiger partial charge in [-0.15, -0.1) is 0 Å². The van der Waals surface area contributed by atoms with Crippen molar-refractivity contribution in [2.75, 3.05) is 7.11 Å². The molecule has 1 aliphatic rings. The van der Waals surface area contributed by atoms with E-state index in [0.29, 0.717) is 17.4 Å². The predicted octanol–water partition coefficient (Wildman–Crippen LogP) is 3.73. The molecule has 22 heavy (non-hydrogen) atoms. The van der Waals surface area contributed by atoms with Crippen molar-refractivity contribution in [3.63, 3.8) is 0 Å². The zero-order chi connectivity index (χ0) is 15.5. The number of nitrogens with two attached hydrogens (primary N) is 1. The molecule has 0 saturated heterocycles. The van der Waals surface area contributed by atoms with Crippen molar-refractivity contribution < 1.29 is 9.53 Å². The van der Waals surface area contributed by atoms with E-state index in [1.165, 1.54) is 30.4 Å². The van der Waals surface area contributed by atoms with Crippen molar-refractivity contribution in [1.29, 1.82) is 0 Å². The Bertz CT molecular complexity index is 642. The Morgan fingerprint density at radius 1 is 1.05 bits per heavy atom. The van der Waals surface area contributed by atoms with Crippen LogP contribution < -0.4 is 10.5 Å². The smallest absolute Gasteiger partial charge is 0.248 e. The number of ether oxygens (including phenoxy) is 1. The molecule has 2 aromatic carbocycles. The molecule has 0 aliphatic heterocycles. The largest absolute Gasteiger partial charge is 0.497 e. The van der Waals surface area contributed by atoms with Gasteiger partial charge in [-0.25, -0.2) is 0 Å².